The minimum Gasteiger partial charge on any atom is -0.390 e. The molecule has 16 heavy (non-hydrogen) atoms. The fourth-order valence-electron chi connectivity index (χ4n) is 1.99. The van der Waals surface area contributed by atoms with Crippen LogP contribution in [0.2, 0.25) is 0 Å². The largest absolute Gasteiger partial charge is 0.390 e. The van der Waals surface area contributed by atoms with Gasteiger partial charge in [0.1, 0.15) is 5.82 Å². The van der Waals surface area contributed by atoms with E-state index in [0.717, 1.165) is 31.5 Å². The predicted octanol–water partition coefficient (Wildman–Crippen LogP) is 1.57. The average Bonchev–Trinajstić information content (AvgIpc) is 2.21. The number of hydrogen-bond acceptors (Lipinski definition) is 3. The normalized spacial score (nSPS) is 20.9. The molecule has 88 valence electrons. The number of hydrogen-bond donors (Lipinski definition) is 1. The Morgan fingerprint density at radius 3 is 2.75 bits per heavy atom. The Kier molecular flexibility index (Phi) is 3.21. The number of piperidine rings is 1. The van der Waals surface area contributed by atoms with E-state index in [0.29, 0.717) is 6.54 Å². The number of halogens is 1. The van der Waals surface area contributed by atoms with E-state index in [2.05, 4.69) is 9.88 Å². The molecule has 1 fully saturated rings. The monoisotopic (exact) mass is 224 g/mol. The molecule has 3 nitrogen and oxygen atoms in total. The molecule has 1 N–H and O–H groups in total. The standard InChI is InChI=1S/C12H17FN2O/c1-12(16)2-4-15(5-3-12)9-10-6-11(13)8-14-7-10/h6-8,16H,2-5,9H2,1H3. The topological polar surface area (TPSA) is 36.4 Å². The highest BCUT2D eigenvalue weighted by Crippen LogP contribution is 2.22. The van der Waals surface area contributed by atoms with E-state index in [1.807, 2.05) is 6.92 Å². The van der Waals surface area contributed by atoms with Crippen LogP contribution in [0.25, 0.3) is 0 Å². The summed E-state index contributed by atoms with van der Waals surface area (Å²) in [4.78, 5) is 6.04. The Hall–Kier alpha value is -1.00. The van der Waals surface area contributed by atoms with Gasteiger partial charge in [0, 0.05) is 25.8 Å². The van der Waals surface area contributed by atoms with Crippen LogP contribution in [0.3, 0.4) is 0 Å². The van der Waals surface area contributed by atoms with Crippen molar-refractivity contribution < 1.29 is 9.50 Å². The van der Waals surface area contributed by atoms with E-state index in [1.165, 1.54) is 12.3 Å². The van der Waals surface area contributed by atoms with Crippen molar-refractivity contribution in [3.8, 4) is 0 Å². The first-order valence-corrected chi connectivity index (χ1v) is 5.59. The lowest BCUT2D eigenvalue weighted by molar-refractivity contribution is -0.00734. The van der Waals surface area contributed by atoms with Gasteiger partial charge in [-0.25, -0.2) is 4.39 Å². The Morgan fingerprint density at radius 2 is 2.12 bits per heavy atom. The maximum absolute atomic E-state index is 12.9. The van der Waals surface area contributed by atoms with E-state index in [-0.39, 0.29) is 5.82 Å². The minimum atomic E-state index is -0.531. The summed E-state index contributed by atoms with van der Waals surface area (Å²) in [7, 11) is 0. The van der Waals surface area contributed by atoms with Crippen LogP contribution >= 0.6 is 0 Å². The van der Waals surface area contributed by atoms with Crippen molar-refractivity contribution in [2.75, 3.05) is 13.1 Å². The Bertz CT molecular complexity index is 358. The third-order valence-corrected chi connectivity index (χ3v) is 3.10. The van der Waals surface area contributed by atoms with Crippen LogP contribution in [0.1, 0.15) is 25.3 Å². The molecule has 0 radical (unpaired) electrons. The lowest BCUT2D eigenvalue weighted by Gasteiger charge is -2.35. The average molecular weight is 224 g/mol. The second-order valence-electron chi connectivity index (χ2n) is 4.78. The Balaban J connectivity index is 1.92. The number of rotatable bonds is 2. The minimum absolute atomic E-state index is 0.290. The highest BCUT2D eigenvalue weighted by molar-refractivity contribution is 5.10. The molecule has 2 heterocycles. The van der Waals surface area contributed by atoms with Gasteiger partial charge in [0.15, 0.2) is 0 Å². The van der Waals surface area contributed by atoms with Crippen molar-refractivity contribution in [1.82, 2.24) is 9.88 Å². The maximum atomic E-state index is 12.9. The first kappa shape index (κ1) is 11.5. The van der Waals surface area contributed by atoms with E-state index >= 15 is 0 Å². The lowest BCUT2D eigenvalue weighted by atomic mass is 9.94. The van der Waals surface area contributed by atoms with Gasteiger partial charge in [0.25, 0.3) is 0 Å². The first-order valence-electron chi connectivity index (χ1n) is 5.59. The number of pyridine rings is 1. The van der Waals surface area contributed by atoms with Gasteiger partial charge in [-0.2, -0.15) is 0 Å². The molecule has 1 saturated heterocycles. The predicted molar refractivity (Wildman–Crippen MR) is 59.3 cm³/mol. The van der Waals surface area contributed by atoms with E-state index in [4.69, 9.17) is 0 Å². The number of nitrogens with zero attached hydrogens (tertiary/aromatic N) is 2. The van der Waals surface area contributed by atoms with Crippen LogP contribution in [0, 0.1) is 5.82 Å². The fraction of sp³-hybridized carbons (Fsp3) is 0.583. The third-order valence-electron chi connectivity index (χ3n) is 3.10. The highest BCUT2D eigenvalue weighted by Gasteiger charge is 2.27. The molecule has 0 bridgehead atoms. The molecule has 0 amide bonds. The Morgan fingerprint density at radius 1 is 1.44 bits per heavy atom. The van der Waals surface area contributed by atoms with E-state index in [1.54, 1.807) is 6.20 Å². The lowest BCUT2D eigenvalue weighted by Crippen LogP contribution is -2.41. The highest BCUT2D eigenvalue weighted by atomic mass is 19.1. The molecule has 0 aliphatic carbocycles. The maximum Gasteiger partial charge on any atom is 0.141 e. The summed E-state index contributed by atoms with van der Waals surface area (Å²) in [5, 5.41) is 9.80. The molecule has 1 aromatic heterocycles. The second-order valence-corrected chi connectivity index (χ2v) is 4.78. The van der Waals surface area contributed by atoms with Gasteiger partial charge in [0.05, 0.1) is 11.8 Å². The van der Waals surface area contributed by atoms with Crippen molar-refractivity contribution in [2.45, 2.75) is 31.9 Å². The van der Waals surface area contributed by atoms with Crippen LogP contribution in [0.5, 0.6) is 0 Å². The molecule has 0 saturated carbocycles. The summed E-state index contributed by atoms with van der Waals surface area (Å²) in [6.07, 6.45) is 4.45. The fourth-order valence-corrected chi connectivity index (χ4v) is 1.99. The van der Waals surface area contributed by atoms with Crippen LogP contribution in [0.4, 0.5) is 4.39 Å². The zero-order chi connectivity index (χ0) is 11.6. The van der Waals surface area contributed by atoms with Gasteiger partial charge in [-0.1, -0.05) is 0 Å². The molecule has 4 heteroatoms. The Labute approximate surface area is 94.9 Å². The van der Waals surface area contributed by atoms with E-state index < -0.39 is 5.60 Å². The van der Waals surface area contributed by atoms with Gasteiger partial charge in [-0.15, -0.1) is 0 Å². The van der Waals surface area contributed by atoms with Crippen LogP contribution in [-0.4, -0.2) is 33.7 Å². The summed E-state index contributed by atoms with van der Waals surface area (Å²) in [6.45, 7) is 4.28. The quantitative estimate of drug-likeness (QED) is 0.828. The summed E-state index contributed by atoms with van der Waals surface area (Å²) in [5.74, 6) is -0.290. The molecule has 2 rings (SSSR count). The number of aliphatic hydroxyl groups is 1. The van der Waals surface area contributed by atoms with Crippen molar-refractivity contribution in [1.29, 1.82) is 0 Å². The number of aromatic nitrogens is 1. The van der Waals surface area contributed by atoms with Crippen molar-refractivity contribution in [2.24, 2.45) is 0 Å². The summed E-state index contributed by atoms with van der Waals surface area (Å²) in [5.41, 5.74) is 0.359. The summed E-state index contributed by atoms with van der Waals surface area (Å²) in [6, 6.07) is 1.51. The third kappa shape index (κ3) is 3.00. The van der Waals surface area contributed by atoms with Gasteiger partial charge >= 0.3 is 0 Å². The van der Waals surface area contributed by atoms with Crippen LogP contribution in [0.15, 0.2) is 18.5 Å². The van der Waals surface area contributed by atoms with Gasteiger partial charge in [0.2, 0.25) is 0 Å². The second kappa shape index (κ2) is 4.47. The van der Waals surface area contributed by atoms with Gasteiger partial charge < -0.3 is 5.11 Å². The van der Waals surface area contributed by atoms with Gasteiger partial charge in [-0.05, 0) is 31.4 Å². The van der Waals surface area contributed by atoms with Crippen LogP contribution in [-0.2, 0) is 6.54 Å². The smallest absolute Gasteiger partial charge is 0.141 e. The number of likely N-dealkylation sites (tertiary alicyclic amines) is 1. The first-order chi connectivity index (χ1) is 7.55. The molecule has 0 aromatic carbocycles. The molecule has 1 aliphatic heterocycles. The van der Waals surface area contributed by atoms with Crippen molar-refractivity contribution >= 4 is 0 Å². The molecule has 0 unspecified atom stereocenters. The van der Waals surface area contributed by atoms with Gasteiger partial charge in [-0.3, -0.25) is 9.88 Å². The summed E-state index contributed by atoms with van der Waals surface area (Å²) >= 11 is 0. The van der Waals surface area contributed by atoms with E-state index in [9.17, 15) is 9.50 Å². The molecular weight excluding hydrogens is 207 g/mol. The molecule has 0 atom stereocenters. The van der Waals surface area contributed by atoms with Crippen molar-refractivity contribution in [3.63, 3.8) is 0 Å². The zero-order valence-electron chi connectivity index (χ0n) is 9.49. The molecular formula is C12H17FN2O. The zero-order valence-corrected chi connectivity index (χ0v) is 9.49. The van der Waals surface area contributed by atoms with Crippen LogP contribution < -0.4 is 0 Å². The summed E-state index contributed by atoms with van der Waals surface area (Å²) < 4.78 is 12.9. The molecule has 1 aliphatic rings. The molecule has 0 spiro atoms. The molecule has 1 aromatic rings. The SMILES string of the molecule is CC1(O)CCN(Cc2cncc(F)c2)CC1. The van der Waals surface area contributed by atoms with Crippen molar-refractivity contribution in [3.05, 3.63) is 29.8 Å².